The molecule has 66 valence electrons. The van der Waals surface area contributed by atoms with Gasteiger partial charge in [0.2, 0.25) is 0 Å². The zero-order chi connectivity index (χ0) is 8.97. The van der Waals surface area contributed by atoms with Crippen LogP contribution < -0.4 is 5.32 Å². The molecule has 0 radical (unpaired) electrons. The van der Waals surface area contributed by atoms with E-state index < -0.39 is 0 Å². The maximum atomic E-state index is 4.20. The Labute approximate surface area is 73.1 Å². The molecule has 0 amide bonds. The number of rotatable bonds is 3. The van der Waals surface area contributed by atoms with Crippen LogP contribution in [0.4, 0.5) is 5.82 Å². The van der Waals surface area contributed by atoms with Crippen LogP contribution in [-0.4, -0.2) is 15.8 Å². The van der Waals surface area contributed by atoms with E-state index in [0.29, 0.717) is 6.04 Å². The summed E-state index contributed by atoms with van der Waals surface area (Å²) in [5.74, 6) is 0.920. The molecule has 0 aromatic carbocycles. The molecule has 1 aromatic rings. The van der Waals surface area contributed by atoms with Crippen molar-refractivity contribution in [2.45, 2.75) is 19.9 Å². The molecule has 1 unspecified atom stereocenters. The first kappa shape index (κ1) is 8.84. The molecule has 3 heteroatoms. The molecule has 0 fully saturated rings. The lowest BCUT2D eigenvalue weighted by Crippen LogP contribution is -2.12. The van der Waals surface area contributed by atoms with Gasteiger partial charge in [0.15, 0.2) is 0 Å². The molecule has 0 aliphatic carbocycles. The molecule has 0 saturated carbocycles. The highest BCUT2D eigenvalue weighted by molar-refractivity contribution is 5.34. The Hall–Kier alpha value is -1.25. The molecule has 0 aliphatic rings. The molecule has 12 heavy (non-hydrogen) atoms. The van der Waals surface area contributed by atoms with Crippen LogP contribution in [0.15, 0.2) is 24.4 Å². The summed E-state index contributed by atoms with van der Waals surface area (Å²) in [6.45, 7) is 4.10. The van der Waals surface area contributed by atoms with E-state index in [4.69, 9.17) is 0 Å². The number of hydrogen-bond donors (Lipinski definition) is 1. The number of nitrogens with zero attached hydrogens (tertiary/aromatic N) is 2. The average molecular weight is 165 g/mol. The Balaban J connectivity index is 2.52. The van der Waals surface area contributed by atoms with Crippen molar-refractivity contribution in [2.75, 3.05) is 5.32 Å². The standard InChI is InChI=1S/C9H15N3/c1-4-5-8(2)10-9-6-7-12(3)11-9/h4-8H,1-3H3,(H,10,11)/b5-4-. The minimum atomic E-state index is 0.338. The second-order valence-corrected chi connectivity index (χ2v) is 2.83. The van der Waals surface area contributed by atoms with Gasteiger partial charge in [-0.3, -0.25) is 4.68 Å². The van der Waals surface area contributed by atoms with Crippen LogP contribution in [0.3, 0.4) is 0 Å². The van der Waals surface area contributed by atoms with E-state index in [1.54, 1.807) is 4.68 Å². The zero-order valence-electron chi connectivity index (χ0n) is 7.78. The lowest BCUT2D eigenvalue weighted by molar-refractivity contribution is 0.766. The molecule has 0 spiro atoms. The largest absolute Gasteiger partial charge is 0.363 e. The third kappa shape index (κ3) is 2.42. The number of aryl methyl sites for hydroxylation is 1. The van der Waals surface area contributed by atoms with Gasteiger partial charge in [0.1, 0.15) is 5.82 Å². The van der Waals surface area contributed by atoms with Crippen molar-refractivity contribution in [3.8, 4) is 0 Å². The highest BCUT2D eigenvalue weighted by atomic mass is 15.3. The van der Waals surface area contributed by atoms with Gasteiger partial charge in [-0.15, -0.1) is 0 Å². The van der Waals surface area contributed by atoms with E-state index in [1.165, 1.54) is 0 Å². The van der Waals surface area contributed by atoms with E-state index in [2.05, 4.69) is 23.4 Å². The van der Waals surface area contributed by atoms with E-state index in [-0.39, 0.29) is 0 Å². The first-order chi connectivity index (χ1) is 5.72. The quantitative estimate of drug-likeness (QED) is 0.692. The van der Waals surface area contributed by atoms with Crippen molar-refractivity contribution in [1.29, 1.82) is 0 Å². The molecule has 1 heterocycles. The second kappa shape index (κ2) is 3.95. The molecule has 0 aliphatic heterocycles. The van der Waals surface area contributed by atoms with E-state index >= 15 is 0 Å². The number of anilines is 1. The molecule has 1 atom stereocenters. The SMILES string of the molecule is C/C=C\C(C)Nc1ccn(C)n1. The Bertz CT molecular complexity index is 262. The minimum absolute atomic E-state index is 0.338. The third-order valence-electron chi connectivity index (χ3n) is 1.57. The number of allylic oxidation sites excluding steroid dienone is 1. The first-order valence-corrected chi connectivity index (χ1v) is 4.11. The number of nitrogens with one attached hydrogen (secondary N) is 1. The Kier molecular flexibility index (Phi) is 2.91. The summed E-state index contributed by atoms with van der Waals surface area (Å²) in [4.78, 5) is 0. The van der Waals surface area contributed by atoms with Crippen LogP contribution in [0, 0.1) is 0 Å². The maximum absolute atomic E-state index is 4.20. The minimum Gasteiger partial charge on any atom is -0.363 e. The molecule has 0 saturated heterocycles. The summed E-state index contributed by atoms with van der Waals surface area (Å²) in [6, 6.07) is 2.30. The Morgan fingerprint density at radius 3 is 2.92 bits per heavy atom. The highest BCUT2D eigenvalue weighted by Gasteiger charge is 1.98. The molecule has 1 rings (SSSR count). The van der Waals surface area contributed by atoms with Crippen LogP contribution in [0.1, 0.15) is 13.8 Å². The van der Waals surface area contributed by atoms with E-state index in [0.717, 1.165) is 5.82 Å². The highest BCUT2D eigenvalue weighted by Crippen LogP contribution is 2.03. The van der Waals surface area contributed by atoms with Gasteiger partial charge in [0, 0.05) is 25.4 Å². The summed E-state index contributed by atoms with van der Waals surface area (Å²) in [5, 5.41) is 7.45. The number of aromatic nitrogens is 2. The molecular weight excluding hydrogens is 150 g/mol. The van der Waals surface area contributed by atoms with Gasteiger partial charge in [0.05, 0.1) is 0 Å². The first-order valence-electron chi connectivity index (χ1n) is 4.11. The summed E-state index contributed by atoms with van der Waals surface area (Å²) >= 11 is 0. The Morgan fingerprint density at radius 2 is 2.42 bits per heavy atom. The molecular formula is C9H15N3. The van der Waals surface area contributed by atoms with Gasteiger partial charge < -0.3 is 5.32 Å². The predicted octanol–water partition coefficient (Wildman–Crippen LogP) is 1.80. The molecule has 1 aromatic heterocycles. The molecule has 1 N–H and O–H groups in total. The van der Waals surface area contributed by atoms with Crippen molar-refractivity contribution in [3.63, 3.8) is 0 Å². The summed E-state index contributed by atoms with van der Waals surface area (Å²) < 4.78 is 1.78. The van der Waals surface area contributed by atoms with Crippen molar-refractivity contribution in [3.05, 3.63) is 24.4 Å². The summed E-state index contributed by atoms with van der Waals surface area (Å²) in [6.07, 6.45) is 6.04. The van der Waals surface area contributed by atoms with Gasteiger partial charge in [-0.2, -0.15) is 5.10 Å². The van der Waals surface area contributed by atoms with Crippen molar-refractivity contribution in [1.82, 2.24) is 9.78 Å². The van der Waals surface area contributed by atoms with Gasteiger partial charge in [0.25, 0.3) is 0 Å². The topological polar surface area (TPSA) is 29.9 Å². The lowest BCUT2D eigenvalue weighted by atomic mass is 10.3. The average Bonchev–Trinajstić information content (AvgIpc) is 2.36. The van der Waals surface area contributed by atoms with E-state index in [1.807, 2.05) is 32.3 Å². The van der Waals surface area contributed by atoms with Gasteiger partial charge in [-0.05, 0) is 13.8 Å². The van der Waals surface area contributed by atoms with Crippen LogP contribution in [0.5, 0.6) is 0 Å². The van der Waals surface area contributed by atoms with Crippen LogP contribution >= 0.6 is 0 Å². The van der Waals surface area contributed by atoms with Crippen molar-refractivity contribution in [2.24, 2.45) is 7.05 Å². The third-order valence-corrected chi connectivity index (χ3v) is 1.57. The predicted molar refractivity (Wildman–Crippen MR) is 51.1 cm³/mol. The fourth-order valence-electron chi connectivity index (χ4n) is 1.06. The van der Waals surface area contributed by atoms with Gasteiger partial charge in [-0.1, -0.05) is 12.2 Å². The van der Waals surface area contributed by atoms with E-state index in [9.17, 15) is 0 Å². The zero-order valence-corrected chi connectivity index (χ0v) is 7.78. The smallest absolute Gasteiger partial charge is 0.148 e. The fraction of sp³-hybridized carbons (Fsp3) is 0.444. The van der Waals surface area contributed by atoms with Crippen LogP contribution in [0.2, 0.25) is 0 Å². The molecule has 3 nitrogen and oxygen atoms in total. The van der Waals surface area contributed by atoms with Crippen molar-refractivity contribution >= 4 is 5.82 Å². The number of hydrogen-bond acceptors (Lipinski definition) is 2. The van der Waals surface area contributed by atoms with Crippen molar-refractivity contribution < 1.29 is 0 Å². The second-order valence-electron chi connectivity index (χ2n) is 2.83. The normalized spacial score (nSPS) is 13.6. The molecule has 0 bridgehead atoms. The monoisotopic (exact) mass is 165 g/mol. The van der Waals surface area contributed by atoms with Crippen LogP contribution in [0.25, 0.3) is 0 Å². The van der Waals surface area contributed by atoms with Gasteiger partial charge >= 0.3 is 0 Å². The summed E-state index contributed by atoms with van der Waals surface area (Å²) in [7, 11) is 1.91. The maximum Gasteiger partial charge on any atom is 0.148 e. The fourth-order valence-corrected chi connectivity index (χ4v) is 1.06. The lowest BCUT2D eigenvalue weighted by Gasteiger charge is -2.06. The summed E-state index contributed by atoms with van der Waals surface area (Å²) in [5.41, 5.74) is 0. The Morgan fingerprint density at radius 1 is 1.67 bits per heavy atom. The van der Waals surface area contributed by atoms with Crippen LogP contribution in [-0.2, 0) is 7.05 Å². The van der Waals surface area contributed by atoms with Gasteiger partial charge in [-0.25, -0.2) is 0 Å².